The number of methoxy groups -OCH3 is 1. The molecule has 2 heterocycles. The number of ether oxygens (including phenoxy) is 1. The minimum Gasteiger partial charge on any atom is -0.496 e. The van der Waals surface area contributed by atoms with Crippen molar-refractivity contribution in [2.45, 2.75) is 12.3 Å². The van der Waals surface area contributed by atoms with Gasteiger partial charge in [-0.3, -0.25) is 0 Å². The van der Waals surface area contributed by atoms with E-state index < -0.39 is 0 Å². The van der Waals surface area contributed by atoms with Gasteiger partial charge in [0.25, 0.3) is 0 Å². The largest absolute Gasteiger partial charge is 0.496 e. The molecule has 0 aliphatic carbocycles. The molecule has 3 heteroatoms. The van der Waals surface area contributed by atoms with Crippen molar-refractivity contribution in [3.63, 3.8) is 0 Å². The van der Waals surface area contributed by atoms with Crippen LogP contribution in [-0.4, -0.2) is 25.2 Å². The van der Waals surface area contributed by atoms with Crippen LogP contribution in [0, 0.1) is 0 Å². The summed E-state index contributed by atoms with van der Waals surface area (Å²) in [6.07, 6.45) is 3.17. The Morgan fingerprint density at radius 2 is 2.31 bits per heavy atom. The van der Waals surface area contributed by atoms with Crippen LogP contribution in [0.15, 0.2) is 24.4 Å². The van der Waals surface area contributed by atoms with Crippen molar-refractivity contribution in [2.75, 3.05) is 20.2 Å². The minimum absolute atomic E-state index is 0.586. The molecule has 3 nitrogen and oxygen atoms in total. The van der Waals surface area contributed by atoms with Crippen LogP contribution in [0.1, 0.15) is 17.9 Å². The Balaban J connectivity index is 2.12. The predicted molar refractivity (Wildman–Crippen MR) is 65.1 cm³/mol. The van der Waals surface area contributed by atoms with Crippen molar-refractivity contribution >= 4 is 10.9 Å². The highest BCUT2D eigenvalue weighted by Crippen LogP contribution is 2.33. The van der Waals surface area contributed by atoms with E-state index in [1.165, 1.54) is 22.9 Å². The monoisotopic (exact) mass is 216 g/mol. The highest BCUT2D eigenvalue weighted by atomic mass is 16.5. The number of hydrogen-bond donors (Lipinski definition) is 2. The van der Waals surface area contributed by atoms with Crippen LogP contribution in [0.4, 0.5) is 0 Å². The molecule has 1 unspecified atom stereocenters. The third kappa shape index (κ3) is 1.48. The summed E-state index contributed by atoms with van der Waals surface area (Å²) in [5.41, 5.74) is 2.52. The van der Waals surface area contributed by atoms with Gasteiger partial charge in [0, 0.05) is 35.1 Å². The van der Waals surface area contributed by atoms with Gasteiger partial charge >= 0.3 is 0 Å². The topological polar surface area (TPSA) is 37.0 Å². The summed E-state index contributed by atoms with van der Waals surface area (Å²) in [5, 5.41) is 4.61. The minimum atomic E-state index is 0.586. The van der Waals surface area contributed by atoms with E-state index in [4.69, 9.17) is 4.74 Å². The molecule has 2 aromatic rings. The number of hydrogen-bond acceptors (Lipinski definition) is 2. The molecule has 1 fully saturated rings. The summed E-state index contributed by atoms with van der Waals surface area (Å²) in [6, 6.07) is 6.43. The van der Waals surface area contributed by atoms with Crippen molar-refractivity contribution in [3.8, 4) is 5.75 Å². The number of aromatic amines is 1. The number of H-pyrrole nitrogens is 1. The van der Waals surface area contributed by atoms with Gasteiger partial charge in [-0.15, -0.1) is 0 Å². The zero-order chi connectivity index (χ0) is 11.0. The van der Waals surface area contributed by atoms with Crippen LogP contribution in [-0.2, 0) is 0 Å². The van der Waals surface area contributed by atoms with Gasteiger partial charge in [-0.25, -0.2) is 0 Å². The lowest BCUT2D eigenvalue weighted by atomic mass is 9.96. The summed E-state index contributed by atoms with van der Waals surface area (Å²) in [6.45, 7) is 2.17. The van der Waals surface area contributed by atoms with Crippen molar-refractivity contribution in [2.24, 2.45) is 0 Å². The van der Waals surface area contributed by atoms with Crippen molar-refractivity contribution in [3.05, 3.63) is 30.0 Å². The second kappa shape index (κ2) is 3.83. The normalized spacial score (nSPS) is 20.4. The Bertz CT molecular complexity index is 498. The van der Waals surface area contributed by atoms with E-state index in [0.717, 1.165) is 18.8 Å². The quantitative estimate of drug-likeness (QED) is 0.808. The van der Waals surface area contributed by atoms with Crippen LogP contribution < -0.4 is 10.1 Å². The summed E-state index contributed by atoms with van der Waals surface area (Å²) in [7, 11) is 1.75. The lowest BCUT2D eigenvalue weighted by molar-refractivity contribution is 0.407. The van der Waals surface area contributed by atoms with Gasteiger partial charge < -0.3 is 15.0 Å². The molecule has 1 aliphatic rings. The Morgan fingerprint density at radius 3 is 3.06 bits per heavy atom. The molecule has 1 aliphatic heterocycles. The van der Waals surface area contributed by atoms with Gasteiger partial charge in [-0.05, 0) is 31.2 Å². The molecular weight excluding hydrogens is 200 g/mol. The molecule has 0 saturated carbocycles. The van der Waals surface area contributed by atoms with Crippen LogP contribution >= 0.6 is 0 Å². The van der Waals surface area contributed by atoms with Gasteiger partial charge in [0.2, 0.25) is 0 Å². The molecule has 1 atom stereocenters. The zero-order valence-electron chi connectivity index (χ0n) is 9.42. The number of benzene rings is 1. The Labute approximate surface area is 94.8 Å². The average Bonchev–Trinajstić information content (AvgIpc) is 2.97. The fraction of sp³-hybridized carbons (Fsp3) is 0.385. The summed E-state index contributed by atoms with van der Waals surface area (Å²) < 4.78 is 5.49. The molecule has 16 heavy (non-hydrogen) atoms. The first-order valence-electron chi connectivity index (χ1n) is 5.74. The maximum atomic E-state index is 5.49. The number of rotatable bonds is 2. The lowest BCUT2D eigenvalue weighted by Crippen LogP contribution is -2.08. The standard InChI is InChI=1S/C13H16N2O/c1-16-13-6-9-3-5-15-12(9)7-11(13)10-2-4-14-8-10/h3,5-7,10,14-15H,2,4,8H2,1H3. The fourth-order valence-corrected chi connectivity index (χ4v) is 2.51. The van der Waals surface area contributed by atoms with Gasteiger partial charge in [0.15, 0.2) is 0 Å². The average molecular weight is 216 g/mol. The highest BCUT2D eigenvalue weighted by molar-refractivity contribution is 5.82. The van der Waals surface area contributed by atoms with E-state index in [-0.39, 0.29) is 0 Å². The van der Waals surface area contributed by atoms with Gasteiger partial charge in [-0.1, -0.05) is 0 Å². The van der Waals surface area contributed by atoms with Crippen LogP contribution in [0.2, 0.25) is 0 Å². The molecule has 0 amide bonds. The van der Waals surface area contributed by atoms with E-state index in [1.807, 2.05) is 6.20 Å². The third-order valence-corrected chi connectivity index (χ3v) is 3.40. The molecule has 1 aromatic heterocycles. The molecule has 84 valence electrons. The second-order valence-corrected chi connectivity index (χ2v) is 4.35. The van der Waals surface area contributed by atoms with Gasteiger partial charge in [0.05, 0.1) is 7.11 Å². The van der Waals surface area contributed by atoms with E-state index in [0.29, 0.717) is 5.92 Å². The predicted octanol–water partition coefficient (Wildman–Crippen LogP) is 2.25. The number of aromatic nitrogens is 1. The maximum Gasteiger partial charge on any atom is 0.123 e. The van der Waals surface area contributed by atoms with Crippen LogP contribution in [0.3, 0.4) is 0 Å². The first-order chi connectivity index (χ1) is 7.88. The molecular formula is C13H16N2O. The van der Waals surface area contributed by atoms with Crippen LogP contribution in [0.25, 0.3) is 10.9 Å². The molecule has 0 spiro atoms. The molecule has 1 saturated heterocycles. The summed E-state index contributed by atoms with van der Waals surface area (Å²) in [5.74, 6) is 1.60. The fourth-order valence-electron chi connectivity index (χ4n) is 2.51. The highest BCUT2D eigenvalue weighted by Gasteiger charge is 2.20. The van der Waals surface area contributed by atoms with Gasteiger partial charge in [0.1, 0.15) is 5.75 Å². The number of nitrogens with one attached hydrogen (secondary N) is 2. The van der Waals surface area contributed by atoms with Gasteiger partial charge in [-0.2, -0.15) is 0 Å². The Hall–Kier alpha value is -1.48. The van der Waals surface area contributed by atoms with E-state index in [2.05, 4.69) is 28.5 Å². The van der Waals surface area contributed by atoms with Crippen molar-refractivity contribution in [1.29, 1.82) is 0 Å². The smallest absolute Gasteiger partial charge is 0.123 e. The molecule has 2 N–H and O–H groups in total. The molecule has 3 rings (SSSR count). The summed E-state index contributed by atoms with van der Waals surface area (Å²) >= 11 is 0. The van der Waals surface area contributed by atoms with E-state index in [9.17, 15) is 0 Å². The third-order valence-electron chi connectivity index (χ3n) is 3.40. The summed E-state index contributed by atoms with van der Waals surface area (Å²) in [4.78, 5) is 3.26. The molecule has 1 aromatic carbocycles. The van der Waals surface area contributed by atoms with E-state index >= 15 is 0 Å². The van der Waals surface area contributed by atoms with Crippen molar-refractivity contribution in [1.82, 2.24) is 10.3 Å². The first-order valence-corrected chi connectivity index (χ1v) is 5.74. The Morgan fingerprint density at radius 1 is 1.38 bits per heavy atom. The molecule has 0 bridgehead atoms. The first kappa shape index (κ1) is 9.73. The van der Waals surface area contributed by atoms with Crippen molar-refractivity contribution < 1.29 is 4.74 Å². The molecule has 0 radical (unpaired) electrons. The van der Waals surface area contributed by atoms with E-state index in [1.54, 1.807) is 7.11 Å². The second-order valence-electron chi connectivity index (χ2n) is 4.35. The Kier molecular flexibility index (Phi) is 2.33. The zero-order valence-corrected chi connectivity index (χ0v) is 9.42. The lowest BCUT2D eigenvalue weighted by Gasteiger charge is -2.14. The SMILES string of the molecule is COc1cc2cc[nH]c2cc1C1CCNC1. The maximum absolute atomic E-state index is 5.49. The number of fused-ring (bicyclic) bond motifs is 1. The van der Waals surface area contributed by atoms with Crippen LogP contribution in [0.5, 0.6) is 5.75 Å².